The van der Waals surface area contributed by atoms with Crippen molar-refractivity contribution < 1.29 is 9.59 Å². The maximum Gasteiger partial charge on any atom is 0.251 e. The number of benzene rings is 2. The van der Waals surface area contributed by atoms with Gasteiger partial charge in [0.2, 0.25) is 5.91 Å². The monoisotopic (exact) mass is 324 g/mol. The minimum atomic E-state index is -0.580. The molecule has 2 aromatic rings. The van der Waals surface area contributed by atoms with Crippen LogP contribution < -0.4 is 10.6 Å². The van der Waals surface area contributed by atoms with Gasteiger partial charge in [-0.15, -0.1) is 0 Å². The van der Waals surface area contributed by atoms with Crippen molar-refractivity contribution >= 4 is 17.5 Å². The van der Waals surface area contributed by atoms with Crippen LogP contribution >= 0.6 is 0 Å². The Morgan fingerprint density at radius 1 is 1.00 bits per heavy atom. The Kier molecular flexibility index (Phi) is 6.13. The molecule has 126 valence electrons. The number of hydrogen-bond acceptors (Lipinski definition) is 2. The van der Waals surface area contributed by atoms with Crippen LogP contribution in [0.15, 0.2) is 54.6 Å². The van der Waals surface area contributed by atoms with E-state index in [2.05, 4.69) is 10.6 Å². The molecule has 0 aliphatic carbocycles. The SMILES string of the molecule is CCC(C)C(NC(=O)c1ccccc1)C(=O)Nc1ccc(C)cc1. The molecule has 2 N–H and O–H groups in total. The smallest absolute Gasteiger partial charge is 0.251 e. The average molecular weight is 324 g/mol. The third-order valence-electron chi connectivity index (χ3n) is 4.14. The number of rotatable bonds is 6. The topological polar surface area (TPSA) is 58.2 Å². The summed E-state index contributed by atoms with van der Waals surface area (Å²) in [5.74, 6) is -0.402. The molecule has 0 aromatic heterocycles. The zero-order valence-corrected chi connectivity index (χ0v) is 14.4. The molecule has 0 aliphatic rings. The predicted molar refractivity (Wildman–Crippen MR) is 97.0 cm³/mol. The second kappa shape index (κ2) is 8.29. The molecule has 24 heavy (non-hydrogen) atoms. The molecule has 0 fully saturated rings. The molecule has 0 heterocycles. The fraction of sp³-hybridized carbons (Fsp3) is 0.300. The van der Waals surface area contributed by atoms with E-state index in [9.17, 15) is 9.59 Å². The van der Waals surface area contributed by atoms with E-state index >= 15 is 0 Å². The first-order chi connectivity index (χ1) is 11.5. The van der Waals surface area contributed by atoms with Gasteiger partial charge in [0.1, 0.15) is 6.04 Å². The maximum atomic E-state index is 12.6. The van der Waals surface area contributed by atoms with Crippen molar-refractivity contribution in [3.8, 4) is 0 Å². The van der Waals surface area contributed by atoms with Crippen LogP contribution in [-0.4, -0.2) is 17.9 Å². The average Bonchev–Trinajstić information content (AvgIpc) is 2.61. The standard InChI is InChI=1S/C20H24N2O2/c1-4-15(3)18(22-19(23)16-8-6-5-7-9-16)20(24)21-17-12-10-14(2)11-13-17/h5-13,15,18H,4H2,1-3H3,(H,21,24)(H,22,23). The fourth-order valence-corrected chi connectivity index (χ4v) is 2.37. The summed E-state index contributed by atoms with van der Waals surface area (Å²) >= 11 is 0. The molecule has 0 saturated carbocycles. The number of nitrogens with one attached hydrogen (secondary N) is 2. The van der Waals surface area contributed by atoms with Crippen molar-refractivity contribution in [2.24, 2.45) is 5.92 Å². The highest BCUT2D eigenvalue weighted by Gasteiger charge is 2.26. The zero-order chi connectivity index (χ0) is 17.5. The highest BCUT2D eigenvalue weighted by molar-refractivity contribution is 6.01. The van der Waals surface area contributed by atoms with Crippen molar-refractivity contribution in [3.63, 3.8) is 0 Å². The van der Waals surface area contributed by atoms with Crippen LogP contribution in [0, 0.1) is 12.8 Å². The predicted octanol–water partition coefficient (Wildman–Crippen LogP) is 3.78. The van der Waals surface area contributed by atoms with E-state index in [1.54, 1.807) is 24.3 Å². The summed E-state index contributed by atoms with van der Waals surface area (Å²) in [7, 11) is 0. The number of aryl methyl sites for hydroxylation is 1. The van der Waals surface area contributed by atoms with Crippen LogP contribution in [0.4, 0.5) is 5.69 Å². The first-order valence-corrected chi connectivity index (χ1v) is 8.24. The number of anilines is 1. The molecular formula is C20H24N2O2. The lowest BCUT2D eigenvalue weighted by Crippen LogP contribution is -2.47. The minimum Gasteiger partial charge on any atom is -0.340 e. The molecule has 2 aromatic carbocycles. The van der Waals surface area contributed by atoms with E-state index in [0.29, 0.717) is 5.56 Å². The van der Waals surface area contributed by atoms with Crippen molar-refractivity contribution in [2.75, 3.05) is 5.32 Å². The van der Waals surface area contributed by atoms with Crippen molar-refractivity contribution in [1.82, 2.24) is 5.32 Å². The number of hydrogen-bond donors (Lipinski definition) is 2. The second-order valence-corrected chi connectivity index (χ2v) is 6.06. The second-order valence-electron chi connectivity index (χ2n) is 6.06. The van der Waals surface area contributed by atoms with E-state index in [1.165, 1.54) is 0 Å². The zero-order valence-electron chi connectivity index (χ0n) is 14.4. The van der Waals surface area contributed by atoms with Gasteiger partial charge in [-0.1, -0.05) is 56.2 Å². The molecule has 2 rings (SSSR count). The quantitative estimate of drug-likeness (QED) is 0.849. The van der Waals surface area contributed by atoms with Crippen molar-refractivity contribution in [2.45, 2.75) is 33.2 Å². The van der Waals surface area contributed by atoms with Gasteiger partial charge >= 0.3 is 0 Å². The summed E-state index contributed by atoms with van der Waals surface area (Å²) in [5.41, 5.74) is 2.41. The number of carbonyl (C=O) groups excluding carboxylic acids is 2. The van der Waals surface area contributed by atoms with Gasteiger partial charge in [0.15, 0.2) is 0 Å². The Balaban J connectivity index is 2.11. The van der Waals surface area contributed by atoms with E-state index in [4.69, 9.17) is 0 Å². The van der Waals surface area contributed by atoms with Gasteiger partial charge in [0.25, 0.3) is 5.91 Å². The van der Waals surface area contributed by atoms with Crippen molar-refractivity contribution in [3.05, 3.63) is 65.7 Å². The van der Waals surface area contributed by atoms with Crippen LogP contribution in [0.3, 0.4) is 0 Å². The molecule has 4 heteroatoms. The van der Waals surface area contributed by atoms with E-state index in [1.807, 2.05) is 51.1 Å². The number of amides is 2. The van der Waals surface area contributed by atoms with Crippen LogP contribution in [0.1, 0.15) is 36.2 Å². The minimum absolute atomic E-state index is 0.0307. The highest BCUT2D eigenvalue weighted by atomic mass is 16.2. The Labute approximate surface area is 143 Å². The Bertz CT molecular complexity index is 681. The largest absolute Gasteiger partial charge is 0.340 e. The van der Waals surface area contributed by atoms with Gasteiger partial charge in [0, 0.05) is 11.3 Å². The normalized spacial score (nSPS) is 13.0. The summed E-state index contributed by atoms with van der Waals surface area (Å²) in [5, 5.41) is 5.75. The lowest BCUT2D eigenvalue weighted by atomic mass is 9.97. The maximum absolute atomic E-state index is 12.6. The van der Waals surface area contributed by atoms with Crippen LogP contribution in [-0.2, 0) is 4.79 Å². The lowest BCUT2D eigenvalue weighted by molar-refractivity contribution is -0.119. The van der Waals surface area contributed by atoms with Gasteiger partial charge < -0.3 is 10.6 Å². The van der Waals surface area contributed by atoms with Gasteiger partial charge in [0.05, 0.1) is 0 Å². The molecule has 0 aliphatic heterocycles. The molecule has 4 nitrogen and oxygen atoms in total. The van der Waals surface area contributed by atoms with Crippen LogP contribution in [0.25, 0.3) is 0 Å². The molecule has 0 saturated heterocycles. The fourth-order valence-electron chi connectivity index (χ4n) is 2.37. The molecule has 2 unspecified atom stereocenters. The molecule has 0 bridgehead atoms. The third-order valence-corrected chi connectivity index (χ3v) is 4.14. The molecule has 0 spiro atoms. The van der Waals surface area contributed by atoms with Crippen LogP contribution in [0.5, 0.6) is 0 Å². The lowest BCUT2D eigenvalue weighted by Gasteiger charge is -2.23. The Morgan fingerprint density at radius 2 is 1.62 bits per heavy atom. The van der Waals surface area contributed by atoms with Gasteiger partial charge in [-0.2, -0.15) is 0 Å². The van der Waals surface area contributed by atoms with E-state index in [-0.39, 0.29) is 17.7 Å². The Hall–Kier alpha value is -2.62. The molecular weight excluding hydrogens is 300 g/mol. The summed E-state index contributed by atoms with van der Waals surface area (Å²) in [4.78, 5) is 25.0. The highest BCUT2D eigenvalue weighted by Crippen LogP contribution is 2.14. The number of carbonyl (C=O) groups is 2. The van der Waals surface area contributed by atoms with E-state index < -0.39 is 6.04 Å². The van der Waals surface area contributed by atoms with Crippen molar-refractivity contribution in [1.29, 1.82) is 0 Å². The summed E-state index contributed by atoms with van der Waals surface area (Å²) in [6.45, 7) is 5.96. The third kappa shape index (κ3) is 4.69. The Morgan fingerprint density at radius 3 is 2.21 bits per heavy atom. The summed E-state index contributed by atoms with van der Waals surface area (Å²) in [6.07, 6.45) is 0.793. The summed E-state index contributed by atoms with van der Waals surface area (Å²) in [6, 6.07) is 16.0. The van der Waals surface area contributed by atoms with Gasteiger partial charge in [-0.3, -0.25) is 9.59 Å². The van der Waals surface area contributed by atoms with Crippen LogP contribution in [0.2, 0.25) is 0 Å². The molecule has 2 amide bonds. The molecule has 2 atom stereocenters. The first kappa shape index (κ1) is 17.7. The van der Waals surface area contributed by atoms with Gasteiger partial charge in [-0.25, -0.2) is 0 Å². The molecule has 0 radical (unpaired) electrons. The van der Waals surface area contributed by atoms with Gasteiger partial charge in [-0.05, 0) is 37.1 Å². The first-order valence-electron chi connectivity index (χ1n) is 8.24. The van der Waals surface area contributed by atoms with E-state index in [0.717, 1.165) is 17.7 Å². The summed E-state index contributed by atoms with van der Waals surface area (Å²) < 4.78 is 0.